The SMILES string of the molecule is COc1ccc(CNc2nc(Cl)ccc2NC(=O)c2ccc(Cl)cc2)cc1. The molecular weight excluding hydrogens is 385 g/mol. The highest BCUT2D eigenvalue weighted by molar-refractivity contribution is 6.30. The fourth-order valence-electron chi connectivity index (χ4n) is 2.40. The van der Waals surface area contributed by atoms with Crippen LogP contribution in [0, 0.1) is 0 Å². The van der Waals surface area contributed by atoms with Crippen molar-refractivity contribution < 1.29 is 9.53 Å². The first kappa shape index (κ1) is 19.0. The van der Waals surface area contributed by atoms with Gasteiger partial charge in [0.25, 0.3) is 5.91 Å². The number of benzene rings is 2. The first-order valence-electron chi connectivity index (χ1n) is 8.15. The maximum atomic E-state index is 12.5. The highest BCUT2D eigenvalue weighted by Crippen LogP contribution is 2.24. The number of pyridine rings is 1. The summed E-state index contributed by atoms with van der Waals surface area (Å²) in [7, 11) is 1.62. The molecule has 0 saturated heterocycles. The lowest BCUT2D eigenvalue weighted by atomic mass is 10.2. The topological polar surface area (TPSA) is 63.2 Å². The van der Waals surface area contributed by atoms with E-state index in [4.69, 9.17) is 27.9 Å². The highest BCUT2D eigenvalue weighted by Gasteiger charge is 2.11. The first-order chi connectivity index (χ1) is 13.0. The standard InChI is InChI=1S/C20H17Cl2N3O2/c1-27-16-8-2-13(3-9-16)12-23-19-17(10-11-18(22)25-19)24-20(26)14-4-6-15(21)7-5-14/h2-11H,12H2,1H3,(H,23,25)(H,24,26). The largest absolute Gasteiger partial charge is 0.497 e. The molecular formula is C20H17Cl2N3O2. The Hall–Kier alpha value is -2.76. The molecule has 0 aliphatic rings. The van der Waals surface area contributed by atoms with E-state index in [0.717, 1.165) is 11.3 Å². The van der Waals surface area contributed by atoms with Gasteiger partial charge in [-0.1, -0.05) is 35.3 Å². The molecule has 0 aliphatic heterocycles. The Morgan fingerprint density at radius 3 is 2.37 bits per heavy atom. The average Bonchev–Trinajstić information content (AvgIpc) is 2.69. The second kappa shape index (κ2) is 8.75. The van der Waals surface area contributed by atoms with Crippen molar-refractivity contribution in [1.82, 2.24) is 4.98 Å². The predicted molar refractivity (Wildman–Crippen MR) is 109 cm³/mol. The summed E-state index contributed by atoms with van der Waals surface area (Å²) in [5.74, 6) is 1.01. The summed E-state index contributed by atoms with van der Waals surface area (Å²) in [6.45, 7) is 0.515. The third-order valence-electron chi connectivity index (χ3n) is 3.83. The summed E-state index contributed by atoms with van der Waals surface area (Å²) in [5.41, 5.74) is 2.07. The summed E-state index contributed by atoms with van der Waals surface area (Å²) in [5, 5.41) is 6.95. The van der Waals surface area contributed by atoms with Crippen LogP contribution in [0.5, 0.6) is 5.75 Å². The van der Waals surface area contributed by atoms with Crippen LogP contribution in [-0.4, -0.2) is 18.0 Å². The molecule has 3 aromatic rings. The summed E-state index contributed by atoms with van der Waals surface area (Å²) in [6, 6.07) is 17.6. The van der Waals surface area contributed by atoms with Crippen LogP contribution in [0.25, 0.3) is 0 Å². The van der Waals surface area contributed by atoms with E-state index in [0.29, 0.717) is 33.8 Å². The molecule has 0 spiro atoms. The Morgan fingerprint density at radius 1 is 1.00 bits per heavy atom. The van der Waals surface area contributed by atoms with Gasteiger partial charge in [0, 0.05) is 17.1 Å². The van der Waals surface area contributed by atoms with Crippen LogP contribution in [-0.2, 0) is 6.54 Å². The number of methoxy groups -OCH3 is 1. The number of anilines is 2. The summed E-state index contributed by atoms with van der Waals surface area (Å²) < 4.78 is 5.15. The Morgan fingerprint density at radius 2 is 1.70 bits per heavy atom. The van der Waals surface area contributed by atoms with Crippen LogP contribution in [0.3, 0.4) is 0 Å². The Labute approximate surface area is 167 Å². The molecule has 2 N–H and O–H groups in total. The van der Waals surface area contributed by atoms with Gasteiger partial charge in [-0.2, -0.15) is 0 Å². The molecule has 1 amide bonds. The third kappa shape index (κ3) is 5.12. The molecule has 1 aromatic heterocycles. The zero-order valence-corrected chi connectivity index (χ0v) is 16.0. The van der Waals surface area contributed by atoms with E-state index in [1.165, 1.54) is 0 Å². The van der Waals surface area contributed by atoms with Crippen molar-refractivity contribution in [2.24, 2.45) is 0 Å². The number of halogens is 2. The summed E-state index contributed by atoms with van der Waals surface area (Å²) >= 11 is 11.9. The van der Waals surface area contributed by atoms with Crippen LogP contribution in [0.4, 0.5) is 11.5 Å². The normalized spacial score (nSPS) is 10.3. The van der Waals surface area contributed by atoms with Crippen molar-refractivity contribution >= 4 is 40.6 Å². The fraction of sp³-hybridized carbons (Fsp3) is 0.100. The van der Waals surface area contributed by atoms with Crippen LogP contribution in [0.15, 0.2) is 60.7 Å². The zero-order valence-electron chi connectivity index (χ0n) is 14.5. The van der Waals surface area contributed by atoms with Crippen LogP contribution in [0.2, 0.25) is 10.2 Å². The Bertz CT molecular complexity index is 929. The lowest BCUT2D eigenvalue weighted by Crippen LogP contribution is -2.14. The number of carbonyl (C=O) groups excluding carboxylic acids is 1. The van der Waals surface area contributed by atoms with Gasteiger partial charge in [0.1, 0.15) is 10.9 Å². The molecule has 7 heteroatoms. The van der Waals surface area contributed by atoms with Gasteiger partial charge < -0.3 is 15.4 Å². The zero-order chi connectivity index (χ0) is 19.2. The molecule has 1 heterocycles. The van der Waals surface area contributed by atoms with Gasteiger partial charge in [-0.15, -0.1) is 0 Å². The average molecular weight is 402 g/mol. The third-order valence-corrected chi connectivity index (χ3v) is 4.30. The van der Waals surface area contributed by atoms with E-state index in [2.05, 4.69) is 15.6 Å². The smallest absolute Gasteiger partial charge is 0.255 e. The number of aromatic nitrogens is 1. The lowest BCUT2D eigenvalue weighted by molar-refractivity contribution is 0.102. The van der Waals surface area contributed by atoms with Gasteiger partial charge in [0.05, 0.1) is 12.8 Å². The molecule has 0 radical (unpaired) electrons. The second-order valence-corrected chi connectivity index (χ2v) is 6.52. The van der Waals surface area contributed by atoms with Gasteiger partial charge in [0.15, 0.2) is 5.82 Å². The first-order valence-corrected chi connectivity index (χ1v) is 8.91. The Balaban J connectivity index is 1.74. The molecule has 138 valence electrons. The quantitative estimate of drug-likeness (QED) is 0.552. The summed E-state index contributed by atoms with van der Waals surface area (Å²) in [4.78, 5) is 16.7. The molecule has 0 aliphatic carbocycles. The van der Waals surface area contributed by atoms with Crippen LogP contribution >= 0.6 is 23.2 Å². The van der Waals surface area contributed by atoms with E-state index >= 15 is 0 Å². The van der Waals surface area contributed by atoms with Crippen molar-refractivity contribution in [3.63, 3.8) is 0 Å². The van der Waals surface area contributed by atoms with Crippen molar-refractivity contribution in [2.45, 2.75) is 6.54 Å². The minimum atomic E-state index is -0.261. The second-order valence-electron chi connectivity index (χ2n) is 5.69. The molecule has 0 unspecified atom stereocenters. The molecule has 5 nitrogen and oxygen atoms in total. The van der Waals surface area contributed by atoms with Crippen LogP contribution in [0.1, 0.15) is 15.9 Å². The number of hydrogen-bond donors (Lipinski definition) is 2. The maximum Gasteiger partial charge on any atom is 0.255 e. The van der Waals surface area contributed by atoms with E-state index in [1.807, 2.05) is 24.3 Å². The monoisotopic (exact) mass is 401 g/mol. The lowest BCUT2D eigenvalue weighted by Gasteiger charge is -2.13. The molecule has 3 rings (SSSR count). The van der Waals surface area contributed by atoms with Gasteiger partial charge in [-0.3, -0.25) is 4.79 Å². The number of carbonyl (C=O) groups is 1. The highest BCUT2D eigenvalue weighted by atomic mass is 35.5. The molecule has 27 heavy (non-hydrogen) atoms. The van der Waals surface area contributed by atoms with E-state index < -0.39 is 0 Å². The number of hydrogen-bond acceptors (Lipinski definition) is 4. The predicted octanol–water partition coefficient (Wildman–Crippen LogP) is 5.26. The van der Waals surface area contributed by atoms with E-state index in [-0.39, 0.29) is 5.91 Å². The van der Waals surface area contributed by atoms with Crippen molar-refractivity contribution in [2.75, 3.05) is 17.7 Å². The van der Waals surface area contributed by atoms with Crippen molar-refractivity contribution in [1.29, 1.82) is 0 Å². The van der Waals surface area contributed by atoms with E-state index in [1.54, 1.807) is 43.5 Å². The molecule has 2 aromatic carbocycles. The summed E-state index contributed by atoms with van der Waals surface area (Å²) in [6.07, 6.45) is 0. The molecule has 0 bridgehead atoms. The van der Waals surface area contributed by atoms with Crippen LogP contribution < -0.4 is 15.4 Å². The minimum Gasteiger partial charge on any atom is -0.497 e. The van der Waals surface area contributed by atoms with Gasteiger partial charge in [0.2, 0.25) is 0 Å². The minimum absolute atomic E-state index is 0.261. The van der Waals surface area contributed by atoms with Gasteiger partial charge >= 0.3 is 0 Å². The maximum absolute atomic E-state index is 12.5. The number of nitrogens with zero attached hydrogens (tertiary/aromatic N) is 1. The number of rotatable bonds is 6. The van der Waals surface area contributed by atoms with Gasteiger partial charge in [-0.25, -0.2) is 4.98 Å². The molecule has 0 atom stereocenters. The van der Waals surface area contributed by atoms with Gasteiger partial charge in [-0.05, 0) is 54.1 Å². The number of amides is 1. The Kier molecular flexibility index (Phi) is 6.16. The molecule has 0 saturated carbocycles. The number of ether oxygens (including phenoxy) is 1. The fourth-order valence-corrected chi connectivity index (χ4v) is 2.67. The number of nitrogens with one attached hydrogen (secondary N) is 2. The van der Waals surface area contributed by atoms with Crippen molar-refractivity contribution in [3.05, 3.63) is 82.0 Å². The van der Waals surface area contributed by atoms with E-state index in [9.17, 15) is 4.79 Å². The molecule has 0 fully saturated rings. The van der Waals surface area contributed by atoms with Crippen molar-refractivity contribution in [3.8, 4) is 5.75 Å².